The zero-order valence-electron chi connectivity index (χ0n) is 17.3. The maximum absolute atomic E-state index is 3.54. The first kappa shape index (κ1) is 20.4. The van der Waals surface area contributed by atoms with E-state index in [-0.39, 0.29) is 0 Å². The van der Waals surface area contributed by atoms with Crippen LogP contribution in [0.4, 0.5) is 0 Å². The molecule has 0 fully saturated rings. The van der Waals surface area contributed by atoms with Crippen LogP contribution < -0.4 is 0 Å². The Balaban J connectivity index is 2.90. The molecule has 0 radical (unpaired) electrons. The van der Waals surface area contributed by atoms with Crippen molar-refractivity contribution < 1.29 is 18.0 Å². The van der Waals surface area contributed by atoms with Crippen LogP contribution in [0.2, 0.25) is 46.9 Å². The van der Waals surface area contributed by atoms with Crippen LogP contribution in [-0.4, -0.2) is 19.4 Å². The van der Waals surface area contributed by atoms with Gasteiger partial charge in [-0.1, -0.05) is 0 Å². The zero-order valence-corrected chi connectivity index (χ0v) is 22.9. The molecular weight excluding hydrogens is 487 g/mol. The van der Waals surface area contributed by atoms with Gasteiger partial charge in [-0.25, -0.2) is 0 Å². The molecule has 0 aromatic heterocycles. The minimum atomic E-state index is -3.54. The van der Waals surface area contributed by atoms with Crippen molar-refractivity contribution >= 4 is 19.4 Å². The number of hydrogen-bond donors (Lipinski definition) is 0. The van der Waals surface area contributed by atoms with E-state index in [1.165, 1.54) is 12.8 Å². The van der Waals surface area contributed by atoms with Gasteiger partial charge in [0.25, 0.3) is 0 Å². The fraction of sp³-hybridized carbons (Fsp3) is 0.571. The fourth-order valence-electron chi connectivity index (χ4n) is 5.85. The standard InChI is InChI=1S/2C5H5.2C4H11Si.C3H6.Hf/c2*1-2-4-5-3-1;2*1-5(2,3)4;1-3-2;/h2*1-3H,4H2;2*1H2,2-4H3;1-2H3;. The predicted octanol–water partition coefficient (Wildman–Crippen LogP) is 7.17. The second-order valence-corrected chi connectivity index (χ2v) is 49.7. The Morgan fingerprint density at radius 3 is 1.38 bits per heavy atom. The Hall–Kier alpha value is 0.134. The van der Waals surface area contributed by atoms with Crippen molar-refractivity contribution in [2.24, 2.45) is 0 Å². The van der Waals surface area contributed by atoms with Crippen molar-refractivity contribution in [1.29, 1.82) is 0 Å². The van der Waals surface area contributed by atoms with Crippen molar-refractivity contribution in [2.75, 3.05) is 0 Å². The summed E-state index contributed by atoms with van der Waals surface area (Å²) in [6, 6.07) is 0. The van der Waals surface area contributed by atoms with Crippen molar-refractivity contribution in [3.8, 4) is 0 Å². The second kappa shape index (κ2) is 6.70. The monoisotopic (exact) mass is 526 g/mol. The van der Waals surface area contributed by atoms with Gasteiger partial charge in [0.1, 0.15) is 0 Å². The summed E-state index contributed by atoms with van der Waals surface area (Å²) in [5.74, 6) is 0. The van der Waals surface area contributed by atoms with Crippen LogP contribution in [0.25, 0.3) is 0 Å². The van der Waals surface area contributed by atoms with Gasteiger partial charge in [-0.15, -0.1) is 0 Å². The first-order valence-corrected chi connectivity index (χ1v) is 27.5. The van der Waals surface area contributed by atoms with Crippen LogP contribution in [0, 0.1) is 0 Å². The van der Waals surface area contributed by atoms with Gasteiger partial charge in [0.2, 0.25) is 0 Å². The van der Waals surface area contributed by atoms with E-state index >= 15 is 0 Å². The summed E-state index contributed by atoms with van der Waals surface area (Å²) in [6.07, 6.45) is 17.1. The van der Waals surface area contributed by atoms with Crippen molar-refractivity contribution in [1.82, 2.24) is 0 Å². The summed E-state index contributed by atoms with van der Waals surface area (Å²) >= 11 is -3.54. The molecule has 0 unspecified atom stereocenters. The molecule has 24 heavy (non-hydrogen) atoms. The molecule has 0 N–H and O–H groups in total. The van der Waals surface area contributed by atoms with E-state index in [0.29, 0.717) is 0 Å². The van der Waals surface area contributed by atoms with Gasteiger partial charge in [0, 0.05) is 0 Å². The third kappa shape index (κ3) is 3.64. The zero-order chi connectivity index (χ0) is 18.3. The van der Waals surface area contributed by atoms with Crippen molar-refractivity contribution in [3.63, 3.8) is 0 Å². The van der Waals surface area contributed by atoms with E-state index in [9.17, 15) is 0 Å². The molecule has 0 saturated heterocycles. The van der Waals surface area contributed by atoms with Crippen LogP contribution >= 0.6 is 0 Å². The van der Waals surface area contributed by atoms with E-state index in [4.69, 9.17) is 0 Å². The first-order chi connectivity index (χ1) is 10.9. The molecule has 0 amide bonds. The quantitative estimate of drug-likeness (QED) is 0.323. The van der Waals surface area contributed by atoms with Gasteiger partial charge in [-0.3, -0.25) is 0 Å². The van der Waals surface area contributed by atoms with E-state index in [1.807, 2.05) is 9.91 Å². The van der Waals surface area contributed by atoms with Gasteiger partial charge in [-0.2, -0.15) is 0 Å². The summed E-state index contributed by atoms with van der Waals surface area (Å²) in [6.45, 7) is 20.7. The Bertz CT molecular complexity index is 641. The topological polar surface area (TPSA) is 0 Å². The molecule has 0 nitrogen and oxygen atoms in total. The summed E-state index contributed by atoms with van der Waals surface area (Å²) < 4.78 is 8.77. The molecule has 0 heterocycles. The fourth-order valence-corrected chi connectivity index (χ4v) is 98.6. The van der Waals surface area contributed by atoms with E-state index in [1.54, 1.807) is 7.60 Å². The molecule has 0 saturated carbocycles. The molecule has 3 heteroatoms. The van der Waals surface area contributed by atoms with Crippen molar-refractivity contribution in [3.05, 3.63) is 43.1 Å². The summed E-state index contributed by atoms with van der Waals surface area (Å²) in [7, 11) is -2.40. The molecule has 134 valence electrons. The molecule has 2 rings (SSSR count). The van der Waals surface area contributed by atoms with Gasteiger partial charge in [-0.05, 0) is 0 Å². The number of hydrogen-bond acceptors (Lipinski definition) is 0. The third-order valence-corrected chi connectivity index (χ3v) is 72.0. The average Bonchev–Trinajstić information content (AvgIpc) is 3.08. The summed E-state index contributed by atoms with van der Waals surface area (Å²) in [5.41, 5.74) is 0. The molecule has 2 aliphatic rings. The third-order valence-electron chi connectivity index (χ3n) is 6.14. The van der Waals surface area contributed by atoms with E-state index in [0.717, 1.165) is 0 Å². The Morgan fingerprint density at radius 2 is 1.17 bits per heavy atom. The molecule has 0 bridgehead atoms. The van der Waals surface area contributed by atoms with E-state index in [2.05, 4.69) is 89.6 Å². The first-order valence-electron chi connectivity index (χ1n) is 9.60. The molecule has 0 aromatic rings. The maximum atomic E-state index is 2.61. The average molecular weight is 525 g/mol. The molecule has 0 spiro atoms. The SMILES string of the molecule is C[C](C)=[Hf]([CH2][Si](C)(C)C)([CH2][Si](C)(C)C)([C]1=CC=CC1)[C]1=CC=CC1. The molecular formula is C21H38HfSi2. The van der Waals surface area contributed by atoms with Gasteiger partial charge >= 0.3 is 154 Å². The van der Waals surface area contributed by atoms with Crippen LogP contribution in [0.1, 0.15) is 26.7 Å². The number of allylic oxidation sites excluding steroid dienone is 8. The summed E-state index contributed by atoms with van der Waals surface area (Å²) in [5, 5.41) is 0. The van der Waals surface area contributed by atoms with Gasteiger partial charge in [0.15, 0.2) is 0 Å². The van der Waals surface area contributed by atoms with Gasteiger partial charge < -0.3 is 0 Å². The molecule has 0 atom stereocenters. The van der Waals surface area contributed by atoms with Crippen LogP contribution in [0.5, 0.6) is 0 Å². The Morgan fingerprint density at radius 1 is 0.792 bits per heavy atom. The minimum absolute atomic E-state index is 1.20. The van der Waals surface area contributed by atoms with Gasteiger partial charge in [0.05, 0.1) is 0 Å². The molecule has 0 aliphatic heterocycles. The summed E-state index contributed by atoms with van der Waals surface area (Å²) in [4.78, 5) is 0. The Kier molecular flexibility index (Phi) is 5.71. The molecule has 0 aromatic carbocycles. The van der Waals surface area contributed by atoms with Crippen LogP contribution in [-0.2, 0) is 18.0 Å². The van der Waals surface area contributed by atoms with Crippen LogP contribution in [0.3, 0.4) is 0 Å². The van der Waals surface area contributed by atoms with Crippen molar-refractivity contribution in [2.45, 2.75) is 73.6 Å². The predicted molar refractivity (Wildman–Crippen MR) is 116 cm³/mol. The van der Waals surface area contributed by atoms with E-state index < -0.39 is 34.2 Å². The second-order valence-electron chi connectivity index (χ2n) is 10.8. The normalized spacial score (nSPS) is 18.9. The number of rotatable bonds is 6. The Labute approximate surface area is 153 Å². The van der Waals surface area contributed by atoms with Crippen LogP contribution in [0.15, 0.2) is 43.1 Å². The molecule has 2 aliphatic carbocycles.